The van der Waals surface area contributed by atoms with Gasteiger partial charge in [-0.25, -0.2) is 0 Å². The van der Waals surface area contributed by atoms with Gasteiger partial charge in [-0.05, 0) is 24.7 Å². The average molecular weight is 404 g/mol. The molecule has 0 saturated carbocycles. The molecule has 1 aliphatic heterocycles. The van der Waals surface area contributed by atoms with Gasteiger partial charge in [-0.1, -0.05) is 42.5 Å². The van der Waals surface area contributed by atoms with E-state index in [1.165, 1.54) is 6.20 Å². The number of carbonyl (C=O) groups is 2. The molecule has 7 nitrogen and oxygen atoms in total. The number of pyridine rings is 1. The van der Waals surface area contributed by atoms with Crippen LogP contribution in [0, 0.1) is 0 Å². The highest BCUT2D eigenvalue weighted by molar-refractivity contribution is 5.98. The number of nitrogens with zero attached hydrogens (tertiary/aromatic N) is 2. The predicted octanol–water partition coefficient (Wildman–Crippen LogP) is 1.77. The van der Waals surface area contributed by atoms with Crippen molar-refractivity contribution in [1.29, 1.82) is 0 Å². The standard InChI is InChI=1S/C23H24N4O3/c1-26-11-12-27(20(15-26)16-7-3-2-4-8-16)21(28)14-25-23(30)18-13-24-19-10-6-5-9-17(19)22(18)29/h2-10,13,20H,11-12,14-15H2,1H3,(H,24,29)(H,25,30). The van der Waals surface area contributed by atoms with Crippen LogP contribution in [-0.4, -0.2) is 59.8 Å². The molecule has 2 heterocycles. The minimum Gasteiger partial charge on any atom is -0.360 e. The van der Waals surface area contributed by atoms with Crippen molar-refractivity contribution in [3.05, 3.63) is 82.1 Å². The second kappa shape index (κ2) is 8.51. The summed E-state index contributed by atoms with van der Waals surface area (Å²) >= 11 is 0. The Bertz CT molecular complexity index is 1130. The number of hydrogen-bond acceptors (Lipinski definition) is 4. The van der Waals surface area contributed by atoms with Gasteiger partial charge in [-0.3, -0.25) is 14.4 Å². The molecule has 2 amide bonds. The van der Waals surface area contributed by atoms with E-state index in [1.807, 2.05) is 43.4 Å². The van der Waals surface area contributed by atoms with E-state index in [4.69, 9.17) is 0 Å². The van der Waals surface area contributed by atoms with Crippen molar-refractivity contribution in [2.45, 2.75) is 6.04 Å². The zero-order valence-corrected chi connectivity index (χ0v) is 16.8. The van der Waals surface area contributed by atoms with Gasteiger partial charge >= 0.3 is 0 Å². The van der Waals surface area contributed by atoms with Crippen molar-refractivity contribution in [2.75, 3.05) is 33.2 Å². The Hall–Kier alpha value is -3.45. The summed E-state index contributed by atoms with van der Waals surface area (Å²) in [5.74, 6) is -0.719. The van der Waals surface area contributed by atoms with E-state index in [9.17, 15) is 14.4 Å². The van der Waals surface area contributed by atoms with Crippen LogP contribution in [0.4, 0.5) is 0 Å². The highest BCUT2D eigenvalue weighted by atomic mass is 16.2. The first-order valence-corrected chi connectivity index (χ1v) is 9.96. The number of carbonyl (C=O) groups excluding carboxylic acids is 2. The third-order valence-corrected chi connectivity index (χ3v) is 5.52. The summed E-state index contributed by atoms with van der Waals surface area (Å²) in [6.07, 6.45) is 1.40. The fourth-order valence-corrected chi connectivity index (χ4v) is 3.87. The number of benzene rings is 2. The largest absolute Gasteiger partial charge is 0.360 e. The summed E-state index contributed by atoms with van der Waals surface area (Å²) in [5, 5.41) is 3.07. The van der Waals surface area contributed by atoms with E-state index in [1.54, 1.807) is 23.1 Å². The highest BCUT2D eigenvalue weighted by Crippen LogP contribution is 2.24. The molecule has 1 aromatic heterocycles. The molecule has 30 heavy (non-hydrogen) atoms. The number of aromatic nitrogens is 1. The molecule has 1 atom stereocenters. The Morgan fingerprint density at radius 1 is 1.07 bits per heavy atom. The molecule has 1 saturated heterocycles. The van der Waals surface area contributed by atoms with Gasteiger partial charge < -0.3 is 20.1 Å². The Morgan fingerprint density at radius 2 is 1.80 bits per heavy atom. The van der Waals surface area contributed by atoms with E-state index >= 15 is 0 Å². The number of H-pyrrole nitrogens is 1. The first kappa shape index (κ1) is 19.8. The lowest BCUT2D eigenvalue weighted by molar-refractivity contribution is -0.135. The van der Waals surface area contributed by atoms with Crippen molar-refractivity contribution >= 4 is 22.7 Å². The van der Waals surface area contributed by atoms with E-state index in [0.717, 1.165) is 18.7 Å². The second-order valence-corrected chi connectivity index (χ2v) is 7.54. The van der Waals surface area contributed by atoms with Crippen molar-refractivity contribution in [1.82, 2.24) is 20.1 Å². The van der Waals surface area contributed by atoms with Crippen LogP contribution in [-0.2, 0) is 4.79 Å². The molecule has 0 aliphatic carbocycles. The lowest BCUT2D eigenvalue weighted by Crippen LogP contribution is -2.52. The molecular weight excluding hydrogens is 380 g/mol. The quantitative estimate of drug-likeness (QED) is 0.694. The molecule has 2 aromatic carbocycles. The summed E-state index contributed by atoms with van der Waals surface area (Å²) < 4.78 is 0. The van der Waals surface area contributed by atoms with Crippen molar-refractivity contribution in [3.63, 3.8) is 0 Å². The lowest BCUT2D eigenvalue weighted by Gasteiger charge is -2.40. The van der Waals surface area contributed by atoms with E-state index in [-0.39, 0.29) is 29.5 Å². The Labute approximate surface area is 174 Å². The minimum absolute atomic E-state index is 0.000475. The van der Waals surface area contributed by atoms with Gasteiger partial charge in [0, 0.05) is 36.7 Å². The Kier molecular flexibility index (Phi) is 5.63. The molecule has 2 N–H and O–H groups in total. The number of rotatable bonds is 4. The van der Waals surface area contributed by atoms with Gasteiger partial charge in [-0.15, -0.1) is 0 Å². The molecule has 7 heteroatoms. The number of amides is 2. The molecule has 0 spiro atoms. The lowest BCUT2D eigenvalue weighted by atomic mass is 10.0. The molecule has 4 rings (SSSR count). The number of hydrogen-bond donors (Lipinski definition) is 2. The molecule has 1 unspecified atom stereocenters. The third kappa shape index (κ3) is 3.97. The van der Waals surface area contributed by atoms with Gasteiger partial charge in [0.15, 0.2) is 0 Å². The highest BCUT2D eigenvalue weighted by Gasteiger charge is 2.30. The number of para-hydroxylation sites is 1. The molecule has 0 radical (unpaired) electrons. The van der Waals surface area contributed by atoms with Crippen LogP contribution in [0.1, 0.15) is 22.0 Å². The summed E-state index contributed by atoms with van der Waals surface area (Å²) in [4.78, 5) is 45.1. The maximum Gasteiger partial charge on any atom is 0.257 e. The monoisotopic (exact) mass is 404 g/mol. The van der Waals surface area contributed by atoms with Crippen LogP contribution >= 0.6 is 0 Å². The van der Waals surface area contributed by atoms with Gasteiger partial charge in [-0.2, -0.15) is 0 Å². The smallest absolute Gasteiger partial charge is 0.257 e. The van der Waals surface area contributed by atoms with Crippen LogP contribution in [0.25, 0.3) is 10.9 Å². The number of aromatic amines is 1. The number of fused-ring (bicyclic) bond motifs is 1. The molecule has 3 aromatic rings. The van der Waals surface area contributed by atoms with E-state index in [2.05, 4.69) is 15.2 Å². The first-order valence-electron chi connectivity index (χ1n) is 9.96. The molecule has 0 bridgehead atoms. The molecular formula is C23H24N4O3. The minimum atomic E-state index is -0.555. The fraction of sp³-hybridized carbons (Fsp3) is 0.261. The fourth-order valence-electron chi connectivity index (χ4n) is 3.87. The molecule has 1 aliphatic rings. The van der Waals surface area contributed by atoms with Crippen molar-refractivity contribution in [2.24, 2.45) is 0 Å². The number of likely N-dealkylation sites (N-methyl/N-ethyl adjacent to an activating group) is 1. The Balaban J connectivity index is 1.48. The summed E-state index contributed by atoms with van der Waals surface area (Å²) in [7, 11) is 2.03. The average Bonchev–Trinajstić information content (AvgIpc) is 2.78. The maximum atomic E-state index is 12.9. The predicted molar refractivity (Wildman–Crippen MR) is 115 cm³/mol. The van der Waals surface area contributed by atoms with Gasteiger partial charge in [0.05, 0.1) is 12.6 Å². The van der Waals surface area contributed by atoms with Crippen LogP contribution in [0.15, 0.2) is 65.6 Å². The van der Waals surface area contributed by atoms with Gasteiger partial charge in [0.2, 0.25) is 11.3 Å². The normalized spacial score (nSPS) is 17.1. The SMILES string of the molecule is CN1CCN(C(=O)CNC(=O)c2c[nH]c3ccccc3c2=O)C(c2ccccc2)C1. The van der Waals surface area contributed by atoms with E-state index < -0.39 is 5.91 Å². The zero-order chi connectivity index (χ0) is 21.1. The Morgan fingerprint density at radius 3 is 2.60 bits per heavy atom. The van der Waals surface area contributed by atoms with Crippen LogP contribution in [0.2, 0.25) is 0 Å². The van der Waals surface area contributed by atoms with Crippen molar-refractivity contribution in [3.8, 4) is 0 Å². The summed E-state index contributed by atoms with van der Waals surface area (Å²) in [6.45, 7) is 1.93. The topological polar surface area (TPSA) is 85.5 Å². The molecule has 154 valence electrons. The van der Waals surface area contributed by atoms with Crippen LogP contribution in [0.3, 0.4) is 0 Å². The third-order valence-electron chi connectivity index (χ3n) is 5.52. The number of nitrogens with one attached hydrogen (secondary N) is 2. The first-order chi connectivity index (χ1) is 14.5. The van der Waals surface area contributed by atoms with Gasteiger partial charge in [0.25, 0.3) is 5.91 Å². The summed E-state index contributed by atoms with van der Waals surface area (Å²) in [5.41, 5.74) is 1.38. The van der Waals surface area contributed by atoms with Gasteiger partial charge in [0.1, 0.15) is 5.56 Å². The van der Waals surface area contributed by atoms with Crippen molar-refractivity contribution < 1.29 is 9.59 Å². The second-order valence-electron chi connectivity index (χ2n) is 7.54. The summed E-state index contributed by atoms with van der Waals surface area (Å²) in [6, 6.07) is 16.8. The molecule has 1 fully saturated rings. The van der Waals surface area contributed by atoms with E-state index in [0.29, 0.717) is 17.4 Å². The zero-order valence-electron chi connectivity index (χ0n) is 16.8. The van der Waals surface area contributed by atoms with Crippen LogP contribution < -0.4 is 10.7 Å². The van der Waals surface area contributed by atoms with Crippen LogP contribution in [0.5, 0.6) is 0 Å². The maximum absolute atomic E-state index is 12.9. The number of piperazine rings is 1.